The van der Waals surface area contributed by atoms with E-state index in [9.17, 15) is 4.79 Å². The maximum absolute atomic E-state index is 12.8. The molecule has 5 nitrogen and oxygen atoms in total. The van der Waals surface area contributed by atoms with Crippen LogP contribution < -0.4 is 10.4 Å². The zero-order valence-electron chi connectivity index (χ0n) is 16.0. The Balaban J connectivity index is 1.68. The van der Waals surface area contributed by atoms with Crippen molar-refractivity contribution in [3.63, 3.8) is 0 Å². The average Bonchev–Trinajstić information content (AvgIpc) is 2.74. The first kappa shape index (κ1) is 19.2. The lowest BCUT2D eigenvalue weighted by atomic mass is 10.1. The summed E-state index contributed by atoms with van der Waals surface area (Å²) in [6.07, 6.45) is 4.78. The zero-order valence-corrected chi connectivity index (χ0v) is 16.8. The number of hydrogen-bond donors (Lipinski definition) is 0. The van der Waals surface area contributed by atoms with E-state index in [0.717, 1.165) is 33.6 Å². The third-order valence-corrected chi connectivity index (χ3v) is 4.97. The largest absolute Gasteiger partial charge is 0.492 e. The van der Waals surface area contributed by atoms with E-state index < -0.39 is 0 Å². The van der Waals surface area contributed by atoms with Crippen molar-refractivity contribution in [2.75, 3.05) is 6.61 Å². The van der Waals surface area contributed by atoms with Gasteiger partial charge in [-0.3, -0.25) is 9.55 Å². The number of aryl methyl sites for hydroxylation is 1. The molecule has 2 heterocycles. The maximum Gasteiger partial charge on any atom is 0.352 e. The lowest BCUT2D eigenvalue weighted by Gasteiger charge is -2.13. The van der Waals surface area contributed by atoms with Gasteiger partial charge in [0.25, 0.3) is 0 Å². The fourth-order valence-corrected chi connectivity index (χ4v) is 3.52. The molecule has 0 spiro atoms. The van der Waals surface area contributed by atoms with Crippen molar-refractivity contribution in [1.29, 1.82) is 0 Å². The SMILES string of the molecule is CCc1nc(=O)n(-c2cccc(CCOc3cccnc3)c2)c2cc(Cl)ccc12. The highest BCUT2D eigenvalue weighted by Crippen LogP contribution is 2.23. The Hall–Kier alpha value is -3.18. The number of fused-ring (bicyclic) bond motifs is 1. The molecule has 0 aliphatic carbocycles. The summed E-state index contributed by atoms with van der Waals surface area (Å²) in [5.74, 6) is 0.736. The molecule has 0 saturated carbocycles. The van der Waals surface area contributed by atoms with Crippen molar-refractivity contribution in [3.05, 3.63) is 93.8 Å². The number of benzene rings is 2. The highest BCUT2D eigenvalue weighted by Gasteiger charge is 2.12. The highest BCUT2D eigenvalue weighted by molar-refractivity contribution is 6.31. The van der Waals surface area contributed by atoms with Gasteiger partial charge in [0.15, 0.2) is 0 Å². The summed E-state index contributed by atoms with van der Waals surface area (Å²) in [4.78, 5) is 21.1. The van der Waals surface area contributed by atoms with Crippen molar-refractivity contribution in [2.24, 2.45) is 0 Å². The summed E-state index contributed by atoms with van der Waals surface area (Å²) in [7, 11) is 0. The van der Waals surface area contributed by atoms with Gasteiger partial charge in [-0.05, 0) is 54.4 Å². The second kappa shape index (κ2) is 8.45. The number of hydrogen-bond acceptors (Lipinski definition) is 4. The molecule has 0 fully saturated rings. The number of aromatic nitrogens is 3. The van der Waals surface area contributed by atoms with Crippen molar-refractivity contribution in [2.45, 2.75) is 19.8 Å². The normalized spacial score (nSPS) is 11.0. The fraction of sp³-hybridized carbons (Fsp3) is 0.174. The van der Waals surface area contributed by atoms with E-state index in [4.69, 9.17) is 16.3 Å². The van der Waals surface area contributed by atoms with Crippen LogP contribution in [0.15, 0.2) is 71.8 Å². The lowest BCUT2D eigenvalue weighted by Crippen LogP contribution is -2.23. The monoisotopic (exact) mass is 405 g/mol. The predicted octanol–water partition coefficient (Wildman–Crippen LogP) is 4.62. The summed E-state index contributed by atoms with van der Waals surface area (Å²) in [6.45, 7) is 2.51. The lowest BCUT2D eigenvalue weighted by molar-refractivity contribution is 0.320. The van der Waals surface area contributed by atoms with E-state index in [2.05, 4.69) is 9.97 Å². The molecule has 0 aliphatic heterocycles. The first-order valence-corrected chi connectivity index (χ1v) is 9.87. The molecule has 0 radical (unpaired) electrons. The molecule has 0 bridgehead atoms. The van der Waals surface area contributed by atoms with E-state index in [1.54, 1.807) is 17.0 Å². The molecule has 2 aromatic carbocycles. The van der Waals surface area contributed by atoms with E-state index in [0.29, 0.717) is 24.5 Å². The van der Waals surface area contributed by atoms with Crippen LogP contribution in [0.3, 0.4) is 0 Å². The van der Waals surface area contributed by atoms with Gasteiger partial charge in [-0.15, -0.1) is 0 Å². The molecule has 4 rings (SSSR count). The van der Waals surface area contributed by atoms with Crippen LogP contribution in [0, 0.1) is 0 Å². The summed E-state index contributed by atoms with van der Waals surface area (Å²) < 4.78 is 7.35. The van der Waals surface area contributed by atoms with Gasteiger partial charge in [0.1, 0.15) is 5.75 Å². The van der Waals surface area contributed by atoms with E-state index in [1.807, 2.05) is 61.5 Å². The smallest absolute Gasteiger partial charge is 0.352 e. The van der Waals surface area contributed by atoms with Crippen molar-refractivity contribution in [1.82, 2.24) is 14.5 Å². The molecule has 0 atom stereocenters. The van der Waals surface area contributed by atoms with Gasteiger partial charge < -0.3 is 4.74 Å². The number of ether oxygens (including phenoxy) is 1. The predicted molar refractivity (Wildman–Crippen MR) is 115 cm³/mol. The summed E-state index contributed by atoms with van der Waals surface area (Å²) >= 11 is 6.23. The van der Waals surface area contributed by atoms with Gasteiger partial charge >= 0.3 is 5.69 Å². The third-order valence-electron chi connectivity index (χ3n) is 4.73. The topological polar surface area (TPSA) is 57.0 Å². The Bertz CT molecular complexity index is 1210. The van der Waals surface area contributed by atoms with Gasteiger partial charge in [-0.1, -0.05) is 30.7 Å². The number of rotatable bonds is 6. The fourth-order valence-electron chi connectivity index (χ4n) is 3.35. The molecule has 29 heavy (non-hydrogen) atoms. The van der Waals surface area contributed by atoms with Crippen LogP contribution in [-0.4, -0.2) is 21.1 Å². The molecular formula is C23H20ClN3O2. The van der Waals surface area contributed by atoms with Crippen LogP contribution >= 0.6 is 11.6 Å². The first-order valence-electron chi connectivity index (χ1n) is 9.49. The number of pyridine rings is 1. The van der Waals surface area contributed by atoms with Crippen LogP contribution in [0.2, 0.25) is 5.02 Å². The molecule has 0 saturated heterocycles. The summed E-state index contributed by atoms with van der Waals surface area (Å²) in [6, 6.07) is 17.1. The standard InChI is InChI=1S/C23H20ClN3O2/c1-2-21-20-9-8-17(24)14-22(20)27(23(28)26-21)18-6-3-5-16(13-18)10-12-29-19-7-4-11-25-15-19/h3-9,11,13-15H,2,10,12H2,1H3. The Labute approximate surface area is 173 Å². The van der Waals surface area contributed by atoms with Crippen LogP contribution in [0.4, 0.5) is 0 Å². The average molecular weight is 406 g/mol. The van der Waals surface area contributed by atoms with Crippen LogP contribution in [-0.2, 0) is 12.8 Å². The van der Waals surface area contributed by atoms with Crippen molar-refractivity contribution in [3.8, 4) is 11.4 Å². The van der Waals surface area contributed by atoms with Gasteiger partial charge in [0, 0.05) is 23.0 Å². The van der Waals surface area contributed by atoms with Crippen molar-refractivity contribution >= 4 is 22.5 Å². The molecule has 0 aliphatic rings. The second-order valence-electron chi connectivity index (χ2n) is 6.65. The Morgan fingerprint density at radius 3 is 2.79 bits per heavy atom. The summed E-state index contributed by atoms with van der Waals surface area (Å²) in [5.41, 5.74) is 3.06. The Kier molecular flexibility index (Phi) is 5.58. The zero-order chi connectivity index (χ0) is 20.2. The molecule has 2 aromatic heterocycles. The van der Waals surface area contributed by atoms with Crippen LogP contribution in [0.25, 0.3) is 16.6 Å². The number of halogens is 1. The van der Waals surface area contributed by atoms with Gasteiger partial charge in [-0.25, -0.2) is 4.79 Å². The first-order chi connectivity index (χ1) is 14.2. The Morgan fingerprint density at radius 1 is 1.10 bits per heavy atom. The Morgan fingerprint density at radius 2 is 2.00 bits per heavy atom. The third kappa shape index (κ3) is 4.15. The molecular weight excluding hydrogens is 386 g/mol. The van der Waals surface area contributed by atoms with Gasteiger partial charge in [0.05, 0.1) is 29.7 Å². The highest BCUT2D eigenvalue weighted by atomic mass is 35.5. The minimum absolute atomic E-state index is 0.305. The molecule has 4 aromatic rings. The summed E-state index contributed by atoms with van der Waals surface area (Å²) in [5, 5.41) is 1.52. The van der Waals surface area contributed by atoms with Crippen molar-refractivity contribution < 1.29 is 4.74 Å². The maximum atomic E-state index is 12.8. The molecule has 0 N–H and O–H groups in total. The van der Waals surface area contributed by atoms with E-state index >= 15 is 0 Å². The van der Waals surface area contributed by atoms with E-state index in [1.165, 1.54) is 0 Å². The van der Waals surface area contributed by atoms with Gasteiger partial charge in [0.2, 0.25) is 0 Å². The van der Waals surface area contributed by atoms with Crippen LogP contribution in [0.5, 0.6) is 5.75 Å². The van der Waals surface area contributed by atoms with E-state index in [-0.39, 0.29) is 5.69 Å². The minimum atomic E-state index is -0.305. The molecule has 0 unspecified atom stereocenters. The minimum Gasteiger partial charge on any atom is -0.492 e. The molecule has 146 valence electrons. The molecule has 6 heteroatoms. The van der Waals surface area contributed by atoms with Gasteiger partial charge in [-0.2, -0.15) is 4.98 Å². The molecule has 0 amide bonds. The number of nitrogens with zero attached hydrogens (tertiary/aromatic N) is 3. The van der Waals surface area contributed by atoms with Crippen LogP contribution in [0.1, 0.15) is 18.2 Å². The second-order valence-corrected chi connectivity index (χ2v) is 7.09. The quantitative estimate of drug-likeness (QED) is 0.469.